The Morgan fingerprint density at radius 2 is 1.48 bits per heavy atom. The van der Waals surface area contributed by atoms with E-state index < -0.39 is 24.3 Å². The Morgan fingerprint density at radius 1 is 0.778 bits per heavy atom. The van der Waals surface area contributed by atoms with Gasteiger partial charge >= 0.3 is 12.0 Å². The van der Waals surface area contributed by atoms with Crippen molar-refractivity contribution in [2.24, 2.45) is 5.92 Å². The summed E-state index contributed by atoms with van der Waals surface area (Å²) < 4.78 is 23.9. The van der Waals surface area contributed by atoms with Gasteiger partial charge < -0.3 is 34.7 Å². The van der Waals surface area contributed by atoms with Crippen molar-refractivity contribution in [2.75, 3.05) is 20.0 Å². The van der Waals surface area contributed by atoms with E-state index in [1.165, 1.54) is 7.11 Å². The summed E-state index contributed by atoms with van der Waals surface area (Å²) in [6.45, 7) is 2.41. The Hall–Kier alpha value is -5.13. The zero-order chi connectivity index (χ0) is 37.9. The molecule has 3 N–H and O–H groups in total. The highest BCUT2D eigenvalue weighted by molar-refractivity contribution is 7.99. The van der Waals surface area contributed by atoms with E-state index in [1.54, 1.807) is 18.9 Å². The molecular weight excluding hydrogens is 701 g/mol. The first kappa shape index (κ1) is 38.6. The van der Waals surface area contributed by atoms with Gasteiger partial charge in [0, 0.05) is 35.1 Å². The zero-order valence-corrected chi connectivity index (χ0v) is 31.5. The topological polar surface area (TPSA) is 115 Å². The minimum atomic E-state index is -0.814. The molecule has 1 fully saturated rings. The van der Waals surface area contributed by atoms with Gasteiger partial charge in [0.1, 0.15) is 11.8 Å². The molecule has 0 spiro atoms. The number of ether oxygens (including phenoxy) is 4. The van der Waals surface area contributed by atoms with Crippen LogP contribution in [-0.4, -0.2) is 49.2 Å². The molecule has 0 bridgehead atoms. The monoisotopic (exact) mass is 746 g/mol. The number of para-hydroxylation sites is 1. The molecule has 5 aromatic rings. The Kier molecular flexibility index (Phi) is 13.4. The first-order chi connectivity index (χ1) is 26.3. The van der Waals surface area contributed by atoms with Crippen LogP contribution in [-0.2, 0) is 38.6 Å². The molecule has 5 atom stereocenters. The van der Waals surface area contributed by atoms with E-state index in [2.05, 4.69) is 23.6 Å². The number of hydrogen-bond acceptors (Lipinski definition) is 8. The van der Waals surface area contributed by atoms with Crippen molar-refractivity contribution in [2.45, 2.75) is 55.9 Å². The molecule has 0 aromatic heterocycles. The Bertz CT molecular complexity index is 1970. The van der Waals surface area contributed by atoms with E-state index in [4.69, 9.17) is 18.9 Å². The highest BCUT2D eigenvalue weighted by Crippen LogP contribution is 2.44. The highest BCUT2D eigenvalue weighted by atomic mass is 32.2. The van der Waals surface area contributed by atoms with Gasteiger partial charge in [0.25, 0.3) is 0 Å². The fourth-order valence-electron chi connectivity index (χ4n) is 6.49. The average molecular weight is 747 g/mol. The lowest BCUT2D eigenvalue weighted by Gasteiger charge is -2.41. The van der Waals surface area contributed by atoms with Crippen LogP contribution in [0.25, 0.3) is 11.1 Å². The Labute approximate surface area is 321 Å². The third kappa shape index (κ3) is 9.89. The summed E-state index contributed by atoms with van der Waals surface area (Å²) in [5.41, 5.74) is 6.60. The van der Waals surface area contributed by atoms with Crippen LogP contribution < -0.4 is 15.4 Å². The van der Waals surface area contributed by atoms with Crippen LogP contribution in [0.1, 0.15) is 47.1 Å². The largest absolute Gasteiger partial charge is 0.496 e. The third-order valence-corrected chi connectivity index (χ3v) is 10.7. The predicted octanol–water partition coefficient (Wildman–Crippen LogP) is 8.02. The molecule has 1 aliphatic heterocycles. The average Bonchev–Trinajstić information content (AvgIpc) is 3.22. The molecule has 0 aliphatic carbocycles. The van der Waals surface area contributed by atoms with Gasteiger partial charge in [0.2, 0.25) is 0 Å². The van der Waals surface area contributed by atoms with Gasteiger partial charge in [0.05, 0.1) is 33.0 Å². The zero-order valence-electron chi connectivity index (χ0n) is 30.6. The van der Waals surface area contributed by atoms with Crippen molar-refractivity contribution < 1.29 is 33.6 Å². The maximum atomic E-state index is 12.8. The SMILES string of the molecule is COC(=O)[C@H](Cc1ccccc1)NC(=O)NCc1cccc(-c2ccc([C@@H]3O[C@H](CSc4ccccc4OC)[C@H](C)[C@H](c4ccc(CO)cc4)O3)cc2)c1. The van der Waals surface area contributed by atoms with E-state index >= 15 is 0 Å². The minimum absolute atomic E-state index is 0.0149. The molecule has 0 saturated carbocycles. The second-order valence-electron chi connectivity index (χ2n) is 13.2. The van der Waals surface area contributed by atoms with Crippen LogP contribution in [0.15, 0.2) is 132 Å². The summed E-state index contributed by atoms with van der Waals surface area (Å²) in [7, 11) is 2.99. The van der Waals surface area contributed by atoms with Crippen LogP contribution >= 0.6 is 11.8 Å². The maximum Gasteiger partial charge on any atom is 0.328 e. The highest BCUT2D eigenvalue weighted by Gasteiger charge is 2.38. The van der Waals surface area contributed by atoms with Gasteiger partial charge in [0.15, 0.2) is 6.29 Å². The summed E-state index contributed by atoms with van der Waals surface area (Å²) >= 11 is 1.70. The number of aliphatic hydroxyl groups excluding tert-OH is 1. The number of methoxy groups -OCH3 is 2. The van der Waals surface area contributed by atoms with Crippen molar-refractivity contribution in [3.8, 4) is 16.9 Å². The first-order valence-electron chi connectivity index (χ1n) is 18.0. The van der Waals surface area contributed by atoms with E-state index in [0.717, 1.165) is 49.6 Å². The van der Waals surface area contributed by atoms with Crippen LogP contribution in [0.5, 0.6) is 5.75 Å². The maximum absolute atomic E-state index is 12.8. The molecule has 0 radical (unpaired) electrons. The van der Waals surface area contributed by atoms with Gasteiger partial charge in [-0.2, -0.15) is 0 Å². The number of hydrogen-bond donors (Lipinski definition) is 3. The molecule has 54 heavy (non-hydrogen) atoms. The summed E-state index contributed by atoms with van der Waals surface area (Å²) in [6, 6.07) is 40.2. The molecule has 1 aliphatic rings. The molecule has 10 heteroatoms. The summed E-state index contributed by atoms with van der Waals surface area (Å²) in [5, 5.41) is 15.2. The first-order valence-corrected chi connectivity index (χ1v) is 19.0. The Morgan fingerprint density at radius 3 is 2.20 bits per heavy atom. The number of aliphatic hydroxyl groups is 1. The normalized spacial score (nSPS) is 18.7. The lowest BCUT2D eigenvalue weighted by molar-refractivity contribution is -0.268. The van der Waals surface area contributed by atoms with Crippen molar-refractivity contribution >= 4 is 23.8 Å². The van der Waals surface area contributed by atoms with E-state index in [0.29, 0.717) is 12.2 Å². The Balaban J connectivity index is 1.13. The van der Waals surface area contributed by atoms with Crippen LogP contribution in [0, 0.1) is 5.92 Å². The second-order valence-corrected chi connectivity index (χ2v) is 14.3. The van der Waals surface area contributed by atoms with Gasteiger partial charge in [-0.15, -0.1) is 11.8 Å². The summed E-state index contributed by atoms with van der Waals surface area (Å²) in [4.78, 5) is 26.3. The number of carbonyl (C=O) groups is 2. The molecule has 280 valence electrons. The number of rotatable bonds is 14. The van der Waals surface area contributed by atoms with Gasteiger partial charge in [-0.1, -0.05) is 116 Å². The van der Waals surface area contributed by atoms with Crippen LogP contribution in [0.4, 0.5) is 4.79 Å². The summed E-state index contributed by atoms with van der Waals surface area (Å²) in [6.07, 6.45) is -0.611. The van der Waals surface area contributed by atoms with Crippen LogP contribution in [0.3, 0.4) is 0 Å². The number of thioether (sulfide) groups is 1. The fourth-order valence-corrected chi connectivity index (χ4v) is 7.68. The minimum Gasteiger partial charge on any atom is -0.496 e. The number of nitrogens with one attached hydrogen (secondary N) is 2. The fraction of sp³-hybridized carbons (Fsp3) is 0.273. The van der Waals surface area contributed by atoms with Crippen LogP contribution in [0.2, 0.25) is 0 Å². The van der Waals surface area contributed by atoms with Gasteiger partial charge in [-0.05, 0) is 51.6 Å². The molecule has 6 rings (SSSR count). The standard InChI is InChI=1S/C44H46N2O7S/c1-29-39(28-54-40-15-8-7-14-38(40)50-2)52-43(53-41(29)34-18-16-31(27-47)17-19-34)35-22-20-33(21-23-35)36-13-9-12-32(24-36)26-45-44(49)46-37(42(48)51-3)25-30-10-5-4-6-11-30/h4-24,29,37,39,41,43,47H,25-28H2,1-3H3,(H2,45,46,49)/t29-,37-,39+,41+,43+/m0/s1. The number of benzene rings is 5. The molecule has 5 aromatic carbocycles. The summed E-state index contributed by atoms with van der Waals surface area (Å²) in [5.74, 6) is 1.09. The smallest absolute Gasteiger partial charge is 0.328 e. The van der Waals surface area contributed by atoms with Crippen molar-refractivity contribution in [3.05, 3.63) is 155 Å². The quantitative estimate of drug-likeness (QED) is 0.0774. The number of amides is 2. The number of carbonyl (C=O) groups excluding carboxylic acids is 2. The van der Waals surface area contributed by atoms with Crippen molar-refractivity contribution in [3.63, 3.8) is 0 Å². The lowest BCUT2D eigenvalue weighted by Crippen LogP contribution is -2.47. The number of esters is 1. The molecule has 1 saturated heterocycles. The predicted molar refractivity (Wildman–Crippen MR) is 210 cm³/mol. The van der Waals surface area contributed by atoms with E-state index in [9.17, 15) is 14.7 Å². The lowest BCUT2D eigenvalue weighted by atomic mass is 9.91. The molecular formula is C44H46N2O7S. The number of urea groups is 1. The van der Waals surface area contributed by atoms with Crippen molar-refractivity contribution in [1.29, 1.82) is 0 Å². The third-order valence-electron chi connectivity index (χ3n) is 9.57. The van der Waals surface area contributed by atoms with Gasteiger partial charge in [-0.25, -0.2) is 9.59 Å². The van der Waals surface area contributed by atoms with E-state index in [-0.39, 0.29) is 31.3 Å². The molecule has 0 unspecified atom stereocenters. The molecule has 1 heterocycles. The second kappa shape index (κ2) is 18.8. The molecule has 9 nitrogen and oxygen atoms in total. The van der Waals surface area contributed by atoms with Crippen molar-refractivity contribution in [1.82, 2.24) is 10.6 Å². The van der Waals surface area contributed by atoms with Gasteiger partial charge in [-0.3, -0.25) is 0 Å². The van der Waals surface area contributed by atoms with E-state index in [1.807, 2.05) is 121 Å². The molecule has 2 amide bonds.